The predicted octanol–water partition coefficient (Wildman–Crippen LogP) is 3.24. The van der Waals surface area contributed by atoms with E-state index in [1.807, 2.05) is 23.6 Å². The van der Waals surface area contributed by atoms with E-state index in [-0.39, 0.29) is 5.91 Å². The zero-order valence-corrected chi connectivity index (χ0v) is 14.9. The van der Waals surface area contributed by atoms with E-state index in [0.29, 0.717) is 28.6 Å². The van der Waals surface area contributed by atoms with E-state index in [1.165, 1.54) is 0 Å². The molecular formula is C18H18ClN3O3. The highest BCUT2D eigenvalue weighted by Crippen LogP contribution is 2.29. The molecule has 1 N–H and O–H groups in total. The molecule has 7 heteroatoms. The Balaban J connectivity index is 1.77. The number of carbonyl (C=O) groups is 1. The molecule has 0 unspecified atom stereocenters. The Morgan fingerprint density at radius 3 is 2.52 bits per heavy atom. The van der Waals surface area contributed by atoms with Gasteiger partial charge in [0.25, 0.3) is 5.91 Å². The Morgan fingerprint density at radius 1 is 1.20 bits per heavy atom. The number of aromatic nitrogens is 2. The first-order valence-corrected chi connectivity index (χ1v) is 8.03. The fourth-order valence-corrected chi connectivity index (χ4v) is 2.76. The fraction of sp³-hybridized carbons (Fsp3) is 0.222. The highest BCUT2D eigenvalue weighted by atomic mass is 35.5. The smallest absolute Gasteiger partial charge is 0.251 e. The Bertz CT molecular complexity index is 911. The Morgan fingerprint density at radius 2 is 1.88 bits per heavy atom. The minimum Gasteiger partial charge on any atom is -0.496 e. The molecule has 1 aromatic carbocycles. The minimum atomic E-state index is -0.230. The van der Waals surface area contributed by atoms with Crippen molar-refractivity contribution >= 4 is 23.2 Å². The van der Waals surface area contributed by atoms with Crippen LogP contribution in [0.3, 0.4) is 0 Å². The van der Waals surface area contributed by atoms with Gasteiger partial charge in [0.1, 0.15) is 17.1 Å². The third kappa shape index (κ3) is 3.53. The molecule has 3 aromatic rings. The summed E-state index contributed by atoms with van der Waals surface area (Å²) in [5, 5.41) is 3.48. The molecule has 0 aliphatic rings. The number of carbonyl (C=O) groups excluding carboxylic acids is 1. The third-order valence-corrected chi connectivity index (χ3v) is 4.13. The molecule has 1 amide bonds. The highest BCUT2D eigenvalue weighted by molar-refractivity contribution is 6.30. The molecule has 0 fully saturated rings. The highest BCUT2D eigenvalue weighted by Gasteiger charge is 2.14. The van der Waals surface area contributed by atoms with Crippen molar-refractivity contribution in [1.82, 2.24) is 14.7 Å². The minimum absolute atomic E-state index is 0.230. The molecule has 2 heterocycles. The van der Waals surface area contributed by atoms with Crippen LogP contribution in [0.5, 0.6) is 11.5 Å². The summed E-state index contributed by atoms with van der Waals surface area (Å²) in [6.45, 7) is 2.18. The molecular weight excluding hydrogens is 342 g/mol. The first-order valence-electron chi connectivity index (χ1n) is 7.65. The Kier molecular flexibility index (Phi) is 4.81. The number of nitrogens with one attached hydrogen (secondary N) is 1. The lowest BCUT2D eigenvalue weighted by atomic mass is 10.1. The maximum atomic E-state index is 12.5. The number of amides is 1. The van der Waals surface area contributed by atoms with Crippen LogP contribution in [0.2, 0.25) is 5.02 Å². The predicted molar refractivity (Wildman–Crippen MR) is 95.7 cm³/mol. The molecule has 0 atom stereocenters. The molecule has 25 heavy (non-hydrogen) atoms. The number of hydrogen-bond acceptors (Lipinski definition) is 4. The maximum Gasteiger partial charge on any atom is 0.251 e. The summed E-state index contributed by atoms with van der Waals surface area (Å²) in [6.07, 6.45) is 3.60. The van der Waals surface area contributed by atoms with Gasteiger partial charge in [0.15, 0.2) is 0 Å². The molecule has 0 spiro atoms. The van der Waals surface area contributed by atoms with Crippen LogP contribution in [0.15, 0.2) is 36.7 Å². The average Bonchev–Trinajstić information content (AvgIpc) is 3.01. The molecule has 6 nitrogen and oxygen atoms in total. The largest absolute Gasteiger partial charge is 0.496 e. The summed E-state index contributed by atoms with van der Waals surface area (Å²) in [4.78, 5) is 16.9. The van der Waals surface area contributed by atoms with E-state index >= 15 is 0 Å². The summed E-state index contributed by atoms with van der Waals surface area (Å²) in [7, 11) is 3.12. The van der Waals surface area contributed by atoms with E-state index in [1.54, 1.807) is 38.6 Å². The number of hydrogen-bond donors (Lipinski definition) is 1. The lowest BCUT2D eigenvalue weighted by molar-refractivity contribution is 0.0949. The number of imidazole rings is 1. The van der Waals surface area contributed by atoms with E-state index < -0.39 is 0 Å². The van der Waals surface area contributed by atoms with Gasteiger partial charge in [-0.05, 0) is 31.2 Å². The van der Waals surface area contributed by atoms with E-state index in [4.69, 9.17) is 21.1 Å². The summed E-state index contributed by atoms with van der Waals surface area (Å²) in [6, 6.07) is 6.98. The van der Waals surface area contributed by atoms with Crippen molar-refractivity contribution in [1.29, 1.82) is 0 Å². The van der Waals surface area contributed by atoms with Crippen molar-refractivity contribution in [2.24, 2.45) is 0 Å². The van der Waals surface area contributed by atoms with Gasteiger partial charge >= 0.3 is 0 Å². The Hall–Kier alpha value is -2.73. The summed E-state index contributed by atoms with van der Waals surface area (Å²) >= 11 is 5.96. The number of methoxy groups -OCH3 is 2. The quantitative estimate of drug-likeness (QED) is 0.759. The van der Waals surface area contributed by atoms with Crippen molar-refractivity contribution in [2.75, 3.05) is 14.2 Å². The summed E-state index contributed by atoms with van der Waals surface area (Å²) in [5.41, 5.74) is 2.82. The van der Waals surface area contributed by atoms with Crippen LogP contribution in [0.1, 0.15) is 21.6 Å². The van der Waals surface area contributed by atoms with Crippen LogP contribution in [0, 0.1) is 6.92 Å². The van der Waals surface area contributed by atoms with Crippen LogP contribution in [0.25, 0.3) is 5.65 Å². The number of pyridine rings is 1. The van der Waals surface area contributed by atoms with E-state index in [9.17, 15) is 4.79 Å². The SMILES string of the molecule is COc1cc(C(=O)NCc2cn3cc(Cl)ccc3n2)cc(OC)c1C. The molecule has 0 radical (unpaired) electrons. The first-order chi connectivity index (χ1) is 12.0. The van der Waals surface area contributed by atoms with Crippen LogP contribution < -0.4 is 14.8 Å². The normalized spacial score (nSPS) is 10.7. The number of nitrogens with zero attached hydrogens (tertiary/aromatic N) is 2. The number of rotatable bonds is 5. The number of fused-ring (bicyclic) bond motifs is 1. The second-order valence-corrected chi connectivity index (χ2v) is 5.97. The van der Waals surface area contributed by atoms with Crippen LogP contribution in [-0.4, -0.2) is 29.5 Å². The molecule has 130 valence electrons. The van der Waals surface area contributed by atoms with Crippen molar-refractivity contribution < 1.29 is 14.3 Å². The van der Waals surface area contributed by atoms with E-state index in [0.717, 1.165) is 16.9 Å². The second kappa shape index (κ2) is 7.03. The number of ether oxygens (including phenoxy) is 2. The van der Waals surface area contributed by atoms with Crippen LogP contribution in [-0.2, 0) is 6.54 Å². The molecule has 0 saturated heterocycles. The summed E-state index contributed by atoms with van der Waals surface area (Å²) in [5.74, 6) is 0.977. The van der Waals surface area contributed by atoms with E-state index in [2.05, 4.69) is 10.3 Å². The fourth-order valence-electron chi connectivity index (χ4n) is 2.59. The third-order valence-electron chi connectivity index (χ3n) is 3.91. The molecule has 0 bridgehead atoms. The van der Waals surface area contributed by atoms with Crippen LogP contribution in [0.4, 0.5) is 0 Å². The lowest BCUT2D eigenvalue weighted by Gasteiger charge is -2.12. The van der Waals surface area contributed by atoms with Gasteiger partial charge in [-0.1, -0.05) is 11.6 Å². The first kappa shape index (κ1) is 17.1. The topological polar surface area (TPSA) is 64.9 Å². The van der Waals surface area contributed by atoms with Crippen molar-refractivity contribution in [3.8, 4) is 11.5 Å². The van der Waals surface area contributed by atoms with Gasteiger partial charge in [0.2, 0.25) is 0 Å². The van der Waals surface area contributed by atoms with Gasteiger partial charge in [-0.25, -0.2) is 4.98 Å². The standard InChI is InChI=1S/C18H18ClN3O3/c1-11-15(24-2)6-12(7-16(11)25-3)18(23)20-8-14-10-22-9-13(19)4-5-17(22)21-14/h4-7,9-10H,8H2,1-3H3,(H,20,23). The zero-order chi connectivity index (χ0) is 18.0. The average molecular weight is 360 g/mol. The van der Waals surface area contributed by atoms with Crippen molar-refractivity contribution in [3.05, 3.63) is 58.5 Å². The van der Waals surface area contributed by atoms with Gasteiger partial charge in [-0.15, -0.1) is 0 Å². The number of halogens is 1. The van der Waals surface area contributed by atoms with Gasteiger partial charge in [0.05, 0.1) is 31.5 Å². The molecule has 3 rings (SSSR count). The Labute approximate surface area is 150 Å². The zero-order valence-electron chi connectivity index (χ0n) is 14.2. The maximum absolute atomic E-state index is 12.5. The molecule has 2 aromatic heterocycles. The van der Waals surface area contributed by atoms with Crippen molar-refractivity contribution in [2.45, 2.75) is 13.5 Å². The molecule has 0 saturated carbocycles. The summed E-state index contributed by atoms with van der Waals surface area (Å²) < 4.78 is 12.4. The monoisotopic (exact) mass is 359 g/mol. The van der Waals surface area contributed by atoms with Gasteiger partial charge in [0, 0.05) is 23.5 Å². The van der Waals surface area contributed by atoms with Gasteiger partial charge in [-0.2, -0.15) is 0 Å². The van der Waals surface area contributed by atoms with Crippen molar-refractivity contribution in [3.63, 3.8) is 0 Å². The molecule has 0 aliphatic heterocycles. The van der Waals surface area contributed by atoms with Crippen LogP contribution >= 0.6 is 11.6 Å². The lowest BCUT2D eigenvalue weighted by Crippen LogP contribution is -2.23. The second-order valence-electron chi connectivity index (χ2n) is 5.53. The van der Waals surface area contributed by atoms with Gasteiger partial charge in [-0.3, -0.25) is 4.79 Å². The molecule has 0 aliphatic carbocycles. The van der Waals surface area contributed by atoms with Gasteiger partial charge < -0.3 is 19.2 Å². The number of benzene rings is 1.